The largest absolute Gasteiger partial charge is 0.488 e. The Morgan fingerprint density at radius 3 is 2.05 bits per heavy atom. The molecule has 0 spiro atoms. The van der Waals surface area contributed by atoms with Crippen molar-refractivity contribution in [3.63, 3.8) is 0 Å². The summed E-state index contributed by atoms with van der Waals surface area (Å²) in [6.45, 7) is 6.08. The first-order valence-corrected chi connectivity index (χ1v) is 13.9. The summed E-state index contributed by atoms with van der Waals surface area (Å²) < 4.78 is 12.6. The van der Waals surface area contributed by atoms with Gasteiger partial charge in [-0.2, -0.15) is 0 Å². The smallest absolute Gasteiger partial charge is 0.228 e. The van der Waals surface area contributed by atoms with E-state index in [1.807, 2.05) is 118 Å². The molecule has 0 fully saturated rings. The molecule has 0 atom stereocenters. The molecule has 6 heteroatoms. The molecule has 0 unspecified atom stereocenters. The van der Waals surface area contributed by atoms with E-state index in [4.69, 9.17) is 29.1 Å². The Hall–Kier alpha value is -5.36. The van der Waals surface area contributed by atoms with Crippen molar-refractivity contribution < 1.29 is 9.15 Å². The fraction of sp³-hybridized carbons (Fsp3) is 0.111. The van der Waals surface area contributed by atoms with E-state index in [0.29, 0.717) is 23.4 Å². The Balaban J connectivity index is 1.40. The molecule has 6 nitrogen and oxygen atoms in total. The van der Waals surface area contributed by atoms with Crippen molar-refractivity contribution in [2.24, 2.45) is 0 Å². The molecule has 0 saturated carbocycles. The van der Waals surface area contributed by atoms with Gasteiger partial charge in [0.2, 0.25) is 5.89 Å². The van der Waals surface area contributed by atoms with Gasteiger partial charge in [-0.15, -0.1) is 0 Å². The van der Waals surface area contributed by atoms with Gasteiger partial charge in [-0.25, -0.2) is 19.9 Å². The third-order valence-corrected chi connectivity index (χ3v) is 6.86. The minimum absolute atomic E-state index is 0.331. The van der Waals surface area contributed by atoms with Crippen LogP contribution < -0.4 is 4.74 Å². The molecular weight excluding hydrogens is 520 g/mol. The molecule has 0 aliphatic rings. The number of benzene rings is 5. The van der Waals surface area contributed by atoms with E-state index in [2.05, 4.69) is 18.2 Å². The van der Waals surface area contributed by atoms with E-state index in [1.165, 1.54) is 0 Å². The normalized spacial score (nSPS) is 11.7. The van der Waals surface area contributed by atoms with Crippen molar-refractivity contribution >= 4 is 21.9 Å². The minimum Gasteiger partial charge on any atom is -0.488 e. The van der Waals surface area contributed by atoms with Crippen LogP contribution in [0.5, 0.6) is 5.75 Å². The van der Waals surface area contributed by atoms with Crippen LogP contribution in [-0.2, 0) is 0 Å². The SMILES string of the molecule is CC(C)(C)Oc1cccc(-c2nc(-c3ccccc3)nc(-c3ccccc3-c3nc4ccc5ccccc5c4o3)n2)c1. The summed E-state index contributed by atoms with van der Waals surface area (Å²) in [6.07, 6.45) is 0. The summed E-state index contributed by atoms with van der Waals surface area (Å²) in [6, 6.07) is 38.0. The molecule has 5 aromatic carbocycles. The Kier molecular flexibility index (Phi) is 6.24. The van der Waals surface area contributed by atoms with Gasteiger partial charge in [0, 0.05) is 27.6 Å². The summed E-state index contributed by atoms with van der Waals surface area (Å²) in [4.78, 5) is 19.7. The Morgan fingerprint density at radius 2 is 1.24 bits per heavy atom. The molecule has 7 aromatic rings. The van der Waals surface area contributed by atoms with Crippen LogP contribution in [-0.4, -0.2) is 25.5 Å². The van der Waals surface area contributed by atoms with Crippen LogP contribution in [0.4, 0.5) is 0 Å². The van der Waals surface area contributed by atoms with E-state index in [-0.39, 0.29) is 5.60 Å². The Labute approximate surface area is 243 Å². The van der Waals surface area contributed by atoms with Gasteiger partial charge in [0.25, 0.3) is 0 Å². The molecule has 0 N–H and O–H groups in total. The number of nitrogens with zero attached hydrogens (tertiary/aromatic N) is 4. The summed E-state index contributed by atoms with van der Waals surface area (Å²) >= 11 is 0. The maximum Gasteiger partial charge on any atom is 0.228 e. The zero-order valence-corrected chi connectivity index (χ0v) is 23.6. The highest BCUT2D eigenvalue weighted by molar-refractivity contribution is 6.03. The molecule has 0 aliphatic heterocycles. The predicted molar refractivity (Wildman–Crippen MR) is 167 cm³/mol. The standard InChI is InChI=1S/C36H28N4O2/c1-36(2,3)42-26-16-11-15-25(22-26)33-38-32(24-13-5-4-6-14-24)39-34(40-33)28-18-9-10-19-29(28)35-37-30-21-20-23-12-7-8-17-27(23)31(30)41-35/h4-22H,1-3H3. The lowest BCUT2D eigenvalue weighted by Gasteiger charge is -2.21. The van der Waals surface area contributed by atoms with Crippen LogP contribution in [0.3, 0.4) is 0 Å². The molecule has 0 radical (unpaired) electrons. The van der Waals surface area contributed by atoms with Crippen molar-refractivity contribution in [2.75, 3.05) is 0 Å². The number of aromatic nitrogens is 4. The van der Waals surface area contributed by atoms with E-state index in [9.17, 15) is 0 Å². The molecule has 0 amide bonds. The van der Waals surface area contributed by atoms with E-state index < -0.39 is 0 Å². The molecule has 0 bridgehead atoms. The number of fused-ring (bicyclic) bond motifs is 3. The molecule has 2 heterocycles. The quantitative estimate of drug-likeness (QED) is 0.214. The molecule has 0 saturated heterocycles. The van der Waals surface area contributed by atoms with E-state index >= 15 is 0 Å². The van der Waals surface area contributed by atoms with Crippen molar-refractivity contribution in [3.8, 4) is 51.4 Å². The maximum absolute atomic E-state index is 6.42. The van der Waals surface area contributed by atoms with Gasteiger partial charge in [0.15, 0.2) is 23.1 Å². The highest BCUT2D eigenvalue weighted by Crippen LogP contribution is 2.36. The zero-order valence-electron chi connectivity index (χ0n) is 23.6. The minimum atomic E-state index is -0.331. The fourth-order valence-corrected chi connectivity index (χ4v) is 5.03. The molecule has 204 valence electrons. The summed E-state index contributed by atoms with van der Waals surface area (Å²) in [5.74, 6) is 2.93. The van der Waals surface area contributed by atoms with Crippen molar-refractivity contribution in [2.45, 2.75) is 26.4 Å². The molecule has 2 aromatic heterocycles. The number of rotatable bonds is 5. The van der Waals surface area contributed by atoms with Crippen LogP contribution in [0.25, 0.3) is 67.5 Å². The number of hydrogen-bond acceptors (Lipinski definition) is 6. The number of ether oxygens (including phenoxy) is 1. The first-order valence-electron chi connectivity index (χ1n) is 13.9. The second-order valence-corrected chi connectivity index (χ2v) is 11.1. The lowest BCUT2D eigenvalue weighted by molar-refractivity contribution is 0.131. The highest BCUT2D eigenvalue weighted by Gasteiger charge is 2.20. The average molecular weight is 549 g/mol. The number of hydrogen-bond donors (Lipinski definition) is 0. The van der Waals surface area contributed by atoms with E-state index in [1.54, 1.807) is 0 Å². The van der Waals surface area contributed by atoms with Crippen LogP contribution in [0.15, 0.2) is 120 Å². The summed E-state index contributed by atoms with van der Waals surface area (Å²) in [5.41, 5.74) is 4.57. The Bertz CT molecular complexity index is 2060. The van der Waals surface area contributed by atoms with Gasteiger partial charge in [-0.3, -0.25) is 0 Å². The van der Waals surface area contributed by atoms with Gasteiger partial charge < -0.3 is 9.15 Å². The second kappa shape index (κ2) is 10.2. The Morgan fingerprint density at radius 1 is 0.571 bits per heavy atom. The molecular formula is C36H28N4O2. The van der Waals surface area contributed by atoms with Crippen molar-refractivity contribution in [1.29, 1.82) is 0 Å². The first-order chi connectivity index (χ1) is 20.4. The number of oxazole rings is 1. The average Bonchev–Trinajstić information content (AvgIpc) is 3.46. The third-order valence-electron chi connectivity index (χ3n) is 6.86. The summed E-state index contributed by atoms with van der Waals surface area (Å²) in [7, 11) is 0. The van der Waals surface area contributed by atoms with Crippen LogP contribution in [0, 0.1) is 0 Å². The zero-order chi connectivity index (χ0) is 28.7. The topological polar surface area (TPSA) is 73.9 Å². The monoisotopic (exact) mass is 548 g/mol. The maximum atomic E-state index is 6.42. The first kappa shape index (κ1) is 25.6. The van der Waals surface area contributed by atoms with Gasteiger partial charge in [-0.1, -0.05) is 91.0 Å². The van der Waals surface area contributed by atoms with Crippen LogP contribution in [0.2, 0.25) is 0 Å². The summed E-state index contributed by atoms with van der Waals surface area (Å²) in [5, 5.41) is 2.13. The molecule has 0 aliphatic carbocycles. The second-order valence-electron chi connectivity index (χ2n) is 11.1. The van der Waals surface area contributed by atoms with Gasteiger partial charge in [0.1, 0.15) is 16.9 Å². The molecule has 7 rings (SSSR count). The lowest BCUT2D eigenvalue weighted by Crippen LogP contribution is -2.22. The highest BCUT2D eigenvalue weighted by atomic mass is 16.5. The van der Waals surface area contributed by atoms with Crippen molar-refractivity contribution in [1.82, 2.24) is 19.9 Å². The van der Waals surface area contributed by atoms with Crippen LogP contribution >= 0.6 is 0 Å². The van der Waals surface area contributed by atoms with Gasteiger partial charge in [-0.05, 0) is 50.4 Å². The van der Waals surface area contributed by atoms with Crippen molar-refractivity contribution in [3.05, 3.63) is 115 Å². The molecule has 42 heavy (non-hydrogen) atoms. The van der Waals surface area contributed by atoms with Gasteiger partial charge in [0.05, 0.1) is 0 Å². The van der Waals surface area contributed by atoms with E-state index in [0.717, 1.165) is 49.9 Å². The van der Waals surface area contributed by atoms with Crippen LogP contribution in [0.1, 0.15) is 20.8 Å². The third kappa shape index (κ3) is 4.99. The lowest BCUT2D eigenvalue weighted by atomic mass is 10.1. The predicted octanol–water partition coefficient (Wildman–Crippen LogP) is 9.01. The van der Waals surface area contributed by atoms with Gasteiger partial charge >= 0.3 is 0 Å². The fourth-order valence-electron chi connectivity index (χ4n) is 5.03.